The van der Waals surface area contributed by atoms with Crippen molar-refractivity contribution in [2.45, 2.75) is 88.0 Å². The number of hydrogen-bond donors (Lipinski definition) is 10. The molecule has 260 valence electrons. The fourth-order valence-electron chi connectivity index (χ4n) is 3.93. The second-order valence-electron chi connectivity index (χ2n) is 11.7. The van der Waals surface area contributed by atoms with Crippen molar-refractivity contribution >= 4 is 33.8 Å². The van der Waals surface area contributed by atoms with Gasteiger partial charge < -0.3 is 55.8 Å². The Morgan fingerprint density at radius 1 is 0.756 bits per heavy atom. The number of aliphatic hydroxyl groups is 10. The average Bonchev–Trinajstić information content (AvgIpc) is 2.99. The van der Waals surface area contributed by atoms with Crippen molar-refractivity contribution in [1.29, 1.82) is 0 Å². The maximum absolute atomic E-state index is 12.4. The molecule has 0 aliphatic heterocycles. The van der Waals surface area contributed by atoms with Crippen LogP contribution in [0, 0.1) is 5.41 Å². The molecule has 0 fully saturated rings. The predicted octanol–water partition coefficient (Wildman–Crippen LogP) is -2.18. The van der Waals surface area contributed by atoms with E-state index in [4.69, 9.17) is 14.9 Å². The largest absolute Gasteiger partial charge is 0.492 e. The van der Waals surface area contributed by atoms with E-state index in [1.54, 1.807) is 18.2 Å². The Morgan fingerprint density at radius 3 is 1.67 bits per heavy atom. The van der Waals surface area contributed by atoms with Gasteiger partial charge in [0.05, 0.1) is 25.4 Å². The van der Waals surface area contributed by atoms with E-state index in [-0.39, 0.29) is 23.4 Å². The molecule has 10 N–H and O–H groups in total. The molecule has 0 bridgehead atoms. The zero-order valence-electron chi connectivity index (χ0n) is 26.0. The predicted molar refractivity (Wildman–Crippen MR) is 168 cm³/mol. The third-order valence-corrected chi connectivity index (χ3v) is 8.99. The third kappa shape index (κ3) is 14.5. The highest BCUT2D eigenvalue weighted by atomic mass is 32.2. The zero-order chi connectivity index (χ0) is 34.5. The number of aliphatic hydroxyl groups excluding tert-OH is 10. The van der Waals surface area contributed by atoms with Crippen molar-refractivity contribution in [3.05, 3.63) is 29.3 Å². The Labute approximate surface area is 271 Å². The number of nitrogens with zero attached hydrogens (tertiary/aromatic N) is 1. The molecule has 0 heterocycles. The summed E-state index contributed by atoms with van der Waals surface area (Å²) >= 11 is 2.27. The van der Waals surface area contributed by atoms with Crippen molar-refractivity contribution in [3.63, 3.8) is 0 Å². The van der Waals surface area contributed by atoms with E-state index in [0.29, 0.717) is 17.3 Å². The van der Waals surface area contributed by atoms with Gasteiger partial charge in [-0.2, -0.15) is 0 Å². The summed E-state index contributed by atoms with van der Waals surface area (Å²) in [4.78, 5) is 25.4. The van der Waals surface area contributed by atoms with Crippen LogP contribution in [0.4, 0.5) is 0 Å². The van der Waals surface area contributed by atoms with E-state index in [0.717, 1.165) is 22.9 Å². The van der Waals surface area contributed by atoms with Gasteiger partial charge in [-0.1, -0.05) is 50.4 Å². The van der Waals surface area contributed by atoms with Crippen LogP contribution in [0.1, 0.15) is 38.8 Å². The van der Waals surface area contributed by atoms with Crippen LogP contribution in [0.25, 0.3) is 0 Å². The minimum absolute atomic E-state index is 0.0180. The van der Waals surface area contributed by atoms with Crippen molar-refractivity contribution in [2.75, 3.05) is 39.5 Å². The van der Waals surface area contributed by atoms with E-state index in [2.05, 4.69) is 0 Å². The van der Waals surface area contributed by atoms with Gasteiger partial charge in [-0.3, -0.25) is 14.5 Å². The van der Waals surface area contributed by atoms with Gasteiger partial charge in [-0.25, -0.2) is 0 Å². The van der Waals surface area contributed by atoms with Gasteiger partial charge in [0.1, 0.15) is 49.0 Å². The number of benzene rings is 1. The molecule has 16 heteroatoms. The lowest BCUT2D eigenvalue weighted by molar-refractivity contribution is -0.130. The normalized spacial score (nSPS) is 17.7. The van der Waals surface area contributed by atoms with E-state index >= 15 is 0 Å². The molecule has 1 aromatic carbocycles. The first kappa shape index (κ1) is 41.6. The first-order chi connectivity index (χ1) is 20.9. The molecule has 0 saturated carbocycles. The molecule has 45 heavy (non-hydrogen) atoms. The number of carbonyl (C=O) groups is 2. The lowest BCUT2D eigenvalue weighted by atomic mass is 10.00. The van der Waals surface area contributed by atoms with Gasteiger partial charge in [0.15, 0.2) is 10.2 Å². The summed E-state index contributed by atoms with van der Waals surface area (Å²) in [7, 11) is 0. The Kier molecular flexibility index (Phi) is 18.6. The van der Waals surface area contributed by atoms with Crippen LogP contribution < -0.4 is 4.74 Å². The van der Waals surface area contributed by atoms with E-state index < -0.39 is 80.5 Å². The summed E-state index contributed by atoms with van der Waals surface area (Å²) in [6, 6.07) is 5.20. The molecular formula is C29H49NO13S2. The molecule has 0 aliphatic rings. The standard InChI is InChI=1S/C29H49NO13S2/c1-16(33)44-15-18-9-19(6-5-17(18)14-45-28(42)29(2,3)4)43-8-7-30(10-20(34)24(38)26(40)22(36)12-31)11-21(35)25(39)27(41)23(37)13-32/h5-6,9,20-27,31-32,34-41H,7-8,10-15H2,1-4H3/t20-,21-,22+,23+,24+,25+,26+,27+/m0/s1. The Balaban J connectivity index is 3.08. The maximum Gasteiger partial charge on any atom is 0.194 e. The second-order valence-corrected chi connectivity index (χ2v) is 13.8. The van der Waals surface area contributed by atoms with E-state index in [1.807, 2.05) is 20.8 Å². The van der Waals surface area contributed by atoms with Crippen LogP contribution in [0.2, 0.25) is 0 Å². The molecule has 0 radical (unpaired) electrons. The molecule has 0 spiro atoms. The number of ether oxygens (including phenoxy) is 1. The summed E-state index contributed by atoms with van der Waals surface area (Å²) in [6.45, 7) is 4.21. The summed E-state index contributed by atoms with van der Waals surface area (Å²) < 4.78 is 5.87. The van der Waals surface area contributed by atoms with Crippen LogP contribution in [-0.4, -0.2) is 154 Å². The highest BCUT2D eigenvalue weighted by Gasteiger charge is 2.34. The van der Waals surface area contributed by atoms with Gasteiger partial charge in [-0.05, 0) is 23.3 Å². The molecule has 0 aliphatic carbocycles. The highest BCUT2D eigenvalue weighted by Crippen LogP contribution is 2.30. The summed E-state index contributed by atoms with van der Waals surface area (Å²) in [5.74, 6) is 1.15. The molecule has 14 nitrogen and oxygen atoms in total. The lowest BCUT2D eigenvalue weighted by Crippen LogP contribution is -2.53. The fourth-order valence-corrected chi connectivity index (χ4v) is 5.56. The van der Waals surface area contributed by atoms with Gasteiger partial charge in [0.2, 0.25) is 0 Å². The molecule has 8 atom stereocenters. The second kappa shape index (κ2) is 20.1. The van der Waals surface area contributed by atoms with Gasteiger partial charge >= 0.3 is 0 Å². The Hall–Kier alpha value is -1.38. The van der Waals surface area contributed by atoms with Crippen LogP contribution in [0.3, 0.4) is 0 Å². The number of rotatable bonds is 20. The Morgan fingerprint density at radius 2 is 1.22 bits per heavy atom. The fraction of sp³-hybridized carbons (Fsp3) is 0.724. The Bertz CT molecular complexity index is 1010. The van der Waals surface area contributed by atoms with Gasteiger partial charge in [0, 0.05) is 43.5 Å². The van der Waals surface area contributed by atoms with Crippen molar-refractivity contribution in [2.24, 2.45) is 5.41 Å². The maximum atomic E-state index is 12.4. The molecule has 0 aromatic heterocycles. The van der Waals surface area contributed by atoms with E-state index in [1.165, 1.54) is 23.6 Å². The monoisotopic (exact) mass is 683 g/mol. The van der Waals surface area contributed by atoms with Gasteiger partial charge in [0.25, 0.3) is 0 Å². The van der Waals surface area contributed by atoms with Crippen LogP contribution >= 0.6 is 23.5 Å². The third-order valence-electron chi connectivity index (χ3n) is 6.80. The number of hydrogen-bond acceptors (Lipinski definition) is 16. The molecular weight excluding hydrogens is 634 g/mol. The number of thioether (sulfide) groups is 2. The lowest BCUT2D eigenvalue weighted by Gasteiger charge is -2.33. The SMILES string of the molecule is CC(=O)SCc1cc(OCCN(C[C@H](O)[C@@H](O)[C@H](O)[C@H](O)CO)C[C@H](O)[C@@H](O)[C@H](O)[C@H](O)CO)ccc1CSC(=O)C(C)(C)C. The molecule has 0 saturated heterocycles. The van der Waals surface area contributed by atoms with Crippen molar-refractivity contribution in [1.82, 2.24) is 4.90 Å². The zero-order valence-corrected chi connectivity index (χ0v) is 27.6. The average molecular weight is 684 g/mol. The first-order valence-electron chi connectivity index (χ1n) is 14.4. The number of carbonyl (C=O) groups excluding carboxylic acids is 2. The minimum Gasteiger partial charge on any atom is -0.492 e. The summed E-state index contributed by atoms with van der Waals surface area (Å²) in [5.41, 5.74) is 1.11. The van der Waals surface area contributed by atoms with Crippen molar-refractivity contribution in [3.8, 4) is 5.75 Å². The van der Waals surface area contributed by atoms with Crippen LogP contribution in [0.5, 0.6) is 5.75 Å². The summed E-state index contributed by atoms with van der Waals surface area (Å²) in [5, 5.41) is 98.7. The van der Waals surface area contributed by atoms with E-state index in [9.17, 15) is 50.4 Å². The topological polar surface area (TPSA) is 249 Å². The van der Waals surface area contributed by atoms with Crippen LogP contribution in [0.15, 0.2) is 18.2 Å². The summed E-state index contributed by atoms with van der Waals surface area (Å²) in [6.07, 6.45) is -14.5. The smallest absolute Gasteiger partial charge is 0.194 e. The quantitative estimate of drug-likeness (QED) is 0.0702. The molecule has 0 amide bonds. The molecule has 1 rings (SSSR count). The van der Waals surface area contributed by atoms with Crippen molar-refractivity contribution < 1.29 is 65.4 Å². The molecule has 0 unspecified atom stereocenters. The minimum atomic E-state index is -1.91. The first-order valence-corrected chi connectivity index (χ1v) is 16.3. The highest BCUT2D eigenvalue weighted by molar-refractivity contribution is 8.13. The van der Waals surface area contributed by atoms with Crippen LogP contribution in [-0.2, 0) is 21.1 Å². The molecule has 1 aromatic rings. The van der Waals surface area contributed by atoms with Gasteiger partial charge in [-0.15, -0.1) is 0 Å².